The van der Waals surface area contributed by atoms with Gasteiger partial charge in [0.15, 0.2) is 0 Å². The lowest BCUT2D eigenvalue weighted by atomic mass is 9.75. The predicted molar refractivity (Wildman–Crippen MR) is 80.2 cm³/mol. The summed E-state index contributed by atoms with van der Waals surface area (Å²) in [7, 11) is 0. The summed E-state index contributed by atoms with van der Waals surface area (Å²) < 4.78 is 5.76. The second kappa shape index (κ2) is 7.24. The van der Waals surface area contributed by atoms with Crippen molar-refractivity contribution < 1.29 is 14.3 Å². The molecule has 20 heavy (non-hydrogen) atoms. The van der Waals surface area contributed by atoms with E-state index < -0.39 is 5.92 Å². The summed E-state index contributed by atoms with van der Waals surface area (Å²) in [6, 6.07) is 0. The Morgan fingerprint density at radius 1 is 1.10 bits per heavy atom. The first-order chi connectivity index (χ1) is 9.23. The summed E-state index contributed by atoms with van der Waals surface area (Å²) >= 11 is 0. The van der Waals surface area contributed by atoms with Gasteiger partial charge >= 0.3 is 5.97 Å². The average molecular weight is 282 g/mol. The second-order valence-corrected chi connectivity index (χ2v) is 7.13. The van der Waals surface area contributed by atoms with Crippen molar-refractivity contribution in [1.29, 1.82) is 0 Å². The van der Waals surface area contributed by atoms with E-state index in [4.69, 9.17) is 4.74 Å². The van der Waals surface area contributed by atoms with Crippen molar-refractivity contribution in [3.05, 3.63) is 0 Å². The Hall–Kier alpha value is -0.860. The average Bonchev–Trinajstić information content (AvgIpc) is 2.26. The van der Waals surface area contributed by atoms with Crippen LogP contribution in [-0.4, -0.2) is 17.9 Å². The number of carbonyl (C=O) groups excluding carboxylic acids is 2. The Kier molecular flexibility index (Phi) is 6.22. The second-order valence-electron chi connectivity index (χ2n) is 7.13. The molecule has 0 radical (unpaired) electrons. The molecule has 1 aliphatic rings. The number of hydrogen-bond donors (Lipinski definition) is 0. The van der Waals surface area contributed by atoms with Gasteiger partial charge in [0.1, 0.15) is 17.8 Å². The van der Waals surface area contributed by atoms with Crippen LogP contribution in [0.5, 0.6) is 0 Å². The maximum absolute atomic E-state index is 12.3. The zero-order valence-electron chi connectivity index (χ0n) is 13.8. The van der Waals surface area contributed by atoms with Crippen LogP contribution in [0.3, 0.4) is 0 Å². The Morgan fingerprint density at radius 2 is 1.70 bits per heavy atom. The van der Waals surface area contributed by atoms with Gasteiger partial charge in [-0.1, -0.05) is 41.0 Å². The standard InChI is InChI=1S/C17H30O3/c1-10(2)14-8-7-12(5)9-15(14)20-17(19)16(11(3)4)13(6)18/h10-12,14-16H,7-9H2,1-6H3/t12-,14+,15+,16+/m0/s1. The molecule has 3 heteroatoms. The number of ether oxygens (including phenoxy) is 1. The molecule has 0 saturated heterocycles. The molecule has 4 atom stereocenters. The molecule has 0 amide bonds. The molecule has 1 saturated carbocycles. The first kappa shape index (κ1) is 17.2. The van der Waals surface area contributed by atoms with Crippen molar-refractivity contribution in [2.75, 3.05) is 0 Å². The van der Waals surface area contributed by atoms with Crippen LogP contribution in [0.1, 0.15) is 60.8 Å². The van der Waals surface area contributed by atoms with Gasteiger partial charge in [-0.15, -0.1) is 0 Å². The van der Waals surface area contributed by atoms with E-state index in [1.54, 1.807) is 0 Å². The van der Waals surface area contributed by atoms with E-state index in [0.29, 0.717) is 17.8 Å². The minimum absolute atomic E-state index is 0.00138. The lowest BCUT2D eigenvalue weighted by molar-refractivity contribution is -0.164. The molecule has 3 nitrogen and oxygen atoms in total. The normalized spacial score (nSPS) is 28.5. The van der Waals surface area contributed by atoms with E-state index in [0.717, 1.165) is 12.8 Å². The highest BCUT2D eigenvalue weighted by molar-refractivity contribution is 5.98. The van der Waals surface area contributed by atoms with Crippen LogP contribution < -0.4 is 0 Å². The number of esters is 1. The summed E-state index contributed by atoms with van der Waals surface area (Å²) in [5.41, 5.74) is 0. The van der Waals surface area contributed by atoms with Gasteiger partial charge in [0.2, 0.25) is 0 Å². The third-order valence-electron chi connectivity index (χ3n) is 4.59. The molecule has 0 heterocycles. The van der Waals surface area contributed by atoms with Gasteiger partial charge in [0.05, 0.1) is 0 Å². The topological polar surface area (TPSA) is 43.4 Å². The summed E-state index contributed by atoms with van der Waals surface area (Å²) in [4.78, 5) is 24.0. The van der Waals surface area contributed by atoms with Gasteiger partial charge in [-0.3, -0.25) is 9.59 Å². The number of Topliss-reactive ketones (excluding diaryl/α,β-unsaturated/α-hetero) is 1. The van der Waals surface area contributed by atoms with E-state index in [2.05, 4.69) is 20.8 Å². The lowest BCUT2D eigenvalue weighted by Crippen LogP contribution is -2.39. The van der Waals surface area contributed by atoms with E-state index >= 15 is 0 Å². The summed E-state index contributed by atoms with van der Waals surface area (Å²) in [6.07, 6.45) is 3.23. The Morgan fingerprint density at radius 3 is 2.15 bits per heavy atom. The van der Waals surface area contributed by atoms with Crippen LogP contribution in [0.2, 0.25) is 0 Å². The highest BCUT2D eigenvalue weighted by Crippen LogP contribution is 2.36. The van der Waals surface area contributed by atoms with Crippen molar-refractivity contribution in [3.8, 4) is 0 Å². The molecular weight excluding hydrogens is 252 g/mol. The maximum atomic E-state index is 12.3. The first-order valence-electron chi connectivity index (χ1n) is 7.95. The van der Waals surface area contributed by atoms with Crippen molar-refractivity contribution in [2.45, 2.75) is 66.9 Å². The van der Waals surface area contributed by atoms with Gasteiger partial charge in [0, 0.05) is 0 Å². The zero-order valence-corrected chi connectivity index (χ0v) is 13.8. The van der Waals surface area contributed by atoms with Gasteiger partial charge in [-0.2, -0.15) is 0 Å². The molecule has 1 fully saturated rings. The van der Waals surface area contributed by atoms with Crippen LogP contribution >= 0.6 is 0 Å². The van der Waals surface area contributed by atoms with Crippen molar-refractivity contribution in [2.24, 2.45) is 29.6 Å². The summed E-state index contributed by atoms with van der Waals surface area (Å²) in [6.45, 7) is 11.9. The first-order valence-corrected chi connectivity index (χ1v) is 7.95. The van der Waals surface area contributed by atoms with Gasteiger partial charge < -0.3 is 4.74 Å². The van der Waals surface area contributed by atoms with Gasteiger partial charge in [-0.05, 0) is 43.4 Å². The number of rotatable bonds is 5. The molecule has 0 aromatic rings. The van der Waals surface area contributed by atoms with Crippen LogP contribution in [0, 0.1) is 29.6 Å². The molecule has 0 aliphatic heterocycles. The Bertz CT molecular complexity index is 346. The van der Waals surface area contributed by atoms with Gasteiger partial charge in [0.25, 0.3) is 0 Å². The van der Waals surface area contributed by atoms with E-state index in [-0.39, 0.29) is 23.8 Å². The van der Waals surface area contributed by atoms with Crippen molar-refractivity contribution in [3.63, 3.8) is 0 Å². The monoisotopic (exact) mass is 282 g/mol. The lowest BCUT2D eigenvalue weighted by Gasteiger charge is -2.37. The fourth-order valence-electron chi connectivity index (χ4n) is 3.38. The quantitative estimate of drug-likeness (QED) is 0.568. The van der Waals surface area contributed by atoms with Crippen molar-refractivity contribution in [1.82, 2.24) is 0 Å². The Labute approximate surface area is 123 Å². The number of hydrogen-bond acceptors (Lipinski definition) is 3. The van der Waals surface area contributed by atoms with Gasteiger partial charge in [-0.25, -0.2) is 0 Å². The van der Waals surface area contributed by atoms with Crippen LogP contribution in [0.15, 0.2) is 0 Å². The fraction of sp³-hybridized carbons (Fsp3) is 0.882. The van der Waals surface area contributed by atoms with Crippen LogP contribution in [0.4, 0.5) is 0 Å². The molecule has 116 valence electrons. The van der Waals surface area contributed by atoms with E-state index in [1.165, 1.54) is 13.3 Å². The maximum Gasteiger partial charge on any atom is 0.317 e. The third-order valence-corrected chi connectivity index (χ3v) is 4.59. The minimum Gasteiger partial charge on any atom is -0.462 e. The molecule has 0 aromatic heterocycles. The Balaban J connectivity index is 2.76. The van der Waals surface area contributed by atoms with Crippen LogP contribution in [-0.2, 0) is 14.3 Å². The molecule has 0 spiro atoms. The molecule has 0 aromatic carbocycles. The fourth-order valence-corrected chi connectivity index (χ4v) is 3.38. The molecule has 0 bridgehead atoms. The predicted octanol–water partition coefficient (Wildman–Crippen LogP) is 3.85. The minimum atomic E-state index is -0.611. The van der Waals surface area contributed by atoms with Crippen molar-refractivity contribution >= 4 is 11.8 Å². The summed E-state index contributed by atoms with van der Waals surface area (Å²) in [5.74, 6) is 0.508. The van der Waals surface area contributed by atoms with E-state index in [1.807, 2.05) is 13.8 Å². The molecule has 1 rings (SSSR count). The number of ketones is 1. The SMILES string of the molecule is CC(=O)[C@H](C(=O)O[C@@H]1C[C@@H](C)CC[C@@H]1C(C)C)C(C)C. The third kappa shape index (κ3) is 4.32. The largest absolute Gasteiger partial charge is 0.462 e. The summed E-state index contributed by atoms with van der Waals surface area (Å²) in [5, 5.41) is 0. The highest BCUT2D eigenvalue weighted by atomic mass is 16.5. The molecule has 1 aliphatic carbocycles. The number of carbonyl (C=O) groups is 2. The molecular formula is C17H30O3. The molecule has 0 N–H and O–H groups in total. The highest BCUT2D eigenvalue weighted by Gasteiger charge is 2.36. The van der Waals surface area contributed by atoms with E-state index in [9.17, 15) is 9.59 Å². The smallest absolute Gasteiger partial charge is 0.317 e. The molecule has 0 unspecified atom stereocenters. The van der Waals surface area contributed by atoms with Crippen LogP contribution in [0.25, 0.3) is 0 Å². The zero-order chi connectivity index (χ0) is 15.4.